The lowest BCUT2D eigenvalue weighted by atomic mass is 9.82. The van der Waals surface area contributed by atoms with Gasteiger partial charge in [-0.1, -0.05) is 24.0 Å². The first-order chi connectivity index (χ1) is 36.2. The highest BCUT2D eigenvalue weighted by Gasteiger charge is 2.58. The average molecular weight is 1090 g/mol. The number of piperazine rings is 1. The maximum absolute atomic E-state index is 16.0. The Hall–Kier alpha value is -7.28. The Kier molecular flexibility index (Phi) is 19.0. The van der Waals surface area contributed by atoms with Crippen LogP contribution in [0.4, 0.5) is 50.7 Å². The molecule has 77 heavy (non-hydrogen) atoms. The topological polar surface area (TPSA) is 226 Å². The molecule has 2 aromatic carbocycles. The van der Waals surface area contributed by atoms with E-state index < -0.39 is 108 Å². The second kappa shape index (κ2) is 24.8. The van der Waals surface area contributed by atoms with Gasteiger partial charge in [0.25, 0.3) is 5.91 Å². The highest BCUT2D eigenvalue weighted by atomic mass is 19.4. The van der Waals surface area contributed by atoms with Gasteiger partial charge in [0.2, 0.25) is 11.9 Å². The van der Waals surface area contributed by atoms with Gasteiger partial charge in [-0.2, -0.15) is 26.3 Å². The van der Waals surface area contributed by atoms with Crippen LogP contribution in [-0.2, 0) is 36.8 Å². The van der Waals surface area contributed by atoms with Crippen molar-refractivity contribution in [1.29, 1.82) is 0 Å². The van der Waals surface area contributed by atoms with Crippen molar-refractivity contribution in [3.63, 3.8) is 0 Å². The SMILES string of the molecule is CNC(=O)O[C@H](C(=O)NN(Cc1c(F)cc(-c2ncccn2)cc1F)C[C@H](O)[C@H](Cc1ccc(C#Cc2cnc(N3CCN(C4COC4)CC3)nc2)cc1)NC(=O)[C@@H](NC(=O)OC)C(C)(C)C(F)(F)F)C(C)(C)C(F)(F)F. The summed E-state index contributed by atoms with van der Waals surface area (Å²) >= 11 is 0. The van der Waals surface area contributed by atoms with Crippen LogP contribution in [0.25, 0.3) is 11.4 Å². The average Bonchev–Trinajstić information content (AvgIpc) is 3.36. The zero-order valence-electron chi connectivity index (χ0n) is 42.6. The number of carbonyl (C=O) groups excluding carboxylic acids is 4. The van der Waals surface area contributed by atoms with Crippen molar-refractivity contribution in [2.45, 2.75) is 83.3 Å². The second-order valence-electron chi connectivity index (χ2n) is 19.2. The number of ether oxygens (including phenoxy) is 3. The minimum absolute atomic E-state index is 0.103. The summed E-state index contributed by atoms with van der Waals surface area (Å²) in [4.78, 5) is 74.0. The van der Waals surface area contributed by atoms with Crippen molar-refractivity contribution in [2.24, 2.45) is 10.8 Å². The van der Waals surface area contributed by atoms with E-state index in [9.17, 15) is 50.6 Å². The molecule has 19 nitrogen and oxygen atoms in total. The summed E-state index contributed by atoms with van der Waals surface area (Å²) in [5.41, 5.74) is -3.86. The molecule has 6 rings (SSSR count). The number of amides is 4. The molecule has 0 spiro atoms. The quantitative estimate of drug-likeness (QED) is 0.0518. The number of carbonyl (C=O) groups is 4. The molecule has 4 heterocycles. The summed E-state index contributed by atoms with van der Waals surface area (Å²) in [5.74, 6) is 0.579. The number of alkyl halides is 6. The molecule has 4 aromatic rings. The molecular weight excluding hydrogens is 1030 g/mol. The van der Waals surface area contributed by atoms with Gasteiger partial charge >= 0.3 is 24.5 Å². The van der Waals surface area contributed by atoms with E-state index in [1.54, 1.807) is 24.5 Å². The number of halogens is 8. The standard InChI is InChI=1S/C50H57F8N11O8/c1-47(2,49(53,54)55)39(65-46(74)75-6)42(71)64-37(20-30-11-8-29(9-12-30)10-13-31-23-62-44(63-24-31)68-18-16-67(17-19-68)33-27-76-28-33)38(70)26-69(66-43(72)40(77-45(73)59-5)48(3,4)50(56,57)58)25-34-35(51)21-32(22-36(34)52)41-60-14-7-15-61-41/h7-9,11-12,14-15,21-24,33,37-40,70H,16-20,25-28H2,1-6H3,(H,59,73)(H,64,71)(H,65,74)(H,66,72)/t37-,38-,39+,40+/m0/s1. The Morgan fingerprint density at radius 1 is 0.818 bits per heavy atom. The summed E-state index contributed by atoms with van der Waals surface area (Å²) in [5, 5.41) is 18.7. The highest BCUT2D eigenvalue weighted by Crippen LogP contribution is 2.42. The number of hydrogen-bond acceptors (Lipinski definition) is 15. The fraction of sp³-hybridized carbons (Fsp3) is 0.480. The van der Waals surface area contributed by atoms with Crippen LogP contribution in [0.2, 0.25) is 0 Å². The molecule has 2 fully saturated rings. The maximum atomic E-state index is 16.0. The van der Waals surface area contributed by atoms with Crippen LogP contribution < -0.4 is 26.3 Å². The van der Waals surface area contributed by atoms with Gasteiger partial charge in [0.15, 0.2) is 11.9 Å². The van der Waals surface area contributed by atoms with Crippen molar-refractivity contribution in [1.82, 2.24) is 51.2 Å². The Morgan fingerprint density at radius 2 is 1.40 bits per heavy atom. The Bertz CT molecular complexity index is 2730. The van der Waals surface area contributed by atoms with Crippen molar-refractivity contribution < 1.29 is 73.6 Å². The lowest BCUT2D eigenvalue weighted by Crippen LogP contribution is -2.62. The Morgan fingerprint density at radius 3 is 1.94 bits per heavy atom. The number of nitrogens with one attached hydrogen (secondary N) is 4. The number of nitrogens with zero attached hydrogens (tertiary/aromatic N) is 7. The predicted molar refractivity (Wildman–Crippen MR) is 259 cm³/mol. The summed E-state index contributed by atoms with van der Waals surface area (Å²) in [7, 11) is 1.83. The number of hydrogen-bond donors (Lipinski definition) is 5. The first kappa shape index (κ1) is 59.0. The monoisotopic (exact) mass is 1090 g/mol. The molecule has 416 valence electrons. The first-order valence-corrected chi connectivity index (χ1v) is 23.9. The van der Waals surface area contributed by atoms with Gasteiger partial charge in [-0.25, -0.2) is 43.3 Å². The number of anilines is 1. The van der Waals surface area contributed by atoms with Crippen molar-refractivity contribution in [2.75, 3.05) is 65.0 Å². The molecule has 0 unspecified atom stereocenters. The molecule has 4 atom stereocenters. The normalized spacial score (nSPS) is 16.2. The zero-order chi connectivity index (χ0) is 56.5. The molecule has 2 aromatic heterocycles. The minimum Gasteiger partial charge on any atom is -0.453 e. The molecule has 2 aliphatic heterocycles. The minimum atomic E-state index is -5.22. The largest absolute Gasteiger partial charge is 0.453 e. The number of hydrazine groups is 1. The number of aliphatic hydroxyl groups excluding tert-OH is 1. The summed E-state index contributed by atoms with van der Waals surface area (Å²) in [6.07, 6.45) is -12.8. The van der Waals surface area contributed by atoms with E-state index in [-0.39, 0.29) is 11.4 Å². The fourth-order valence-corrected chi connectivity index (χ4v) is 7.94. The maximum Gasteiger partial charge on any atom is 0.407 e. The molecule has 2 aliphatic rings. The second-order valence-corrected chi connectivity index (χ2v) is 19.2. The lowest BCUT2D eigenvalue weighted by molar-refractivity contribution is -0.239. The smallest absolute Gasteiger partial charge is 0.407 e. The molecule has 0 saturated carbocycles. The van der Waals surface area contributed by atoms with Gasteiger partial charge in [0.1, 0.15) is 23.1 Å². The number of aliphatic hydroxyl groups is 1. The van der Waals surface area contributed by atoms with Crippen LogP contribution in [0.3, 0.4) is 0 Å². The van der Waals surface area contributed by atoms with Crippen LogP contribution in [0.15, 0.2) is 67.3 Å². The van der Waals surface area contributed by atoms with Gasteiger partial charge in [0.05, 0.1) is 49.5 Å². The van der Waals surface area contributed by atoms with Crippen LogP contribution in [0, 0.1) is 34.3 Å². The Labute approximate surface area is 437 Å². The van der Waals surface area contributed by atoms with Gasteiger partial charge in [-0.3, -0.25) is 19.9 Å². The summed E-state index contributed by atoms with van der Waals surface area (Å²) < 4.78 is 134. The molecule has 27 heteroatoms. The van der Waals surface area contributed by atoms with E-state index >= 15 is 8.78 Å². The van der Waals surface area contributed by atoms with Crippen LogP contribution in [0.5, 0.6) is 0 Å². The molecule has 4 amide bonds. The molecular formula is C50H57F8N11O8. The van der Waals surface area contributed by atoms with E-state index in [1.807, 2.05) is 16.1 Å². The number of rotatable bonds is 18. The van der Waals surface area contributed by atoms with Crippen molar-refractivity contribution >= 4 is 29.9 Å². The van der Waals surface area contributed by atoms with E-state index in [1.165, 1.54) is 30.6 Å². The summed E-state index contributed by atoms with van der Waals surface area (Å²) in [6.45, 7) is 4.77. The van der Waals surface area contributed by atoms with Gasteiger partial charge in [-0.15, -0.1) is 0 Å². The first-order valence-electron chi connectivity index (χ1n) is 23.9. The van der Waals surface area contributed by atoms with Gasteiger partial charge < -0.3 is 40.2 Å². The molecule has 2 saturated heterocycles. The van der Waals surface area contributed by atoms with E-state index in [4.69, 9.17) is 9.47 Å². The number of benzene rings is 2. The Balaban J connectivity index is 1.31. The molecule has 0 aliphatic carbocycles. The fourth-order valence-electron chi connectivity index (χ4n) is 7.94. The zero-order valence-corrected chi connectivity index (χ0v) is 42.6. The number of methoxy groups -OCH3 is 1. The van der Waals surface area contributed by atoms with E-state index in [2.05, 4.69) is 51.6 Å². The van der Waals surface area contributed by atoms with Crippen LogP contribution in [0.1, 0.15) is 49.9 Å². The van der Waals surface area contributed by atoms with Crippen LogP contribution in [-0.4, -0.2) is 162 Å². The van der Waals surface area contributed by atoms with Crippen LogP contribution >= 0.6 is 0 Å². The molecule has 0 bridgehead atoms. The lowest BCUT2D eigenvalue weighted by Gasteiger charge is -2.42. The molecule has 0 radical (unpaired) electrons. The summed E-state index contributed by atoms with van der Waals surface area (Å²) in [6, 6.07) is 5.43. The van der Waals surface area contributed by atoms with Crippen molar-refractivity contribution in [3.8, 4) is 23.2 Å². The highest BCUT2D eigenvalue weighted by molar-refractivity contribution is 5.87. The molecule has 5 N–H and O–H groups in total. The number of aromatic nitrogens is 4. The third-order valence-corrected chi connectivity index (χ3v) is 13.1. The van der Waals surface area contributed by atoms with Gasteiger partial charge in [0, 0.05) is 87.8 Å². The third kappa shape index (κ3) is 14.8. The van der Waals surface area contributed by atoms with E-state index in [0.29, 0.717) is 61.4 Å². The van der Waals surface area contributed by atoms with E-state index in [0.717, 1.165) is 65.7 Å². The van der Waals surface area contributed by atoms with Crippen molar-refractivity contribution in [3.05, 3.63) is 101 Å². The predicted octanol–water partition coefficient (Wildman–Crippen LogP) is 4.68. The number of alkyl carbamates (subject to hydrolysis) is 2. The third-order valence-electron chi connectivity index (χ3n) is 13.1. The van der Waals surface area contributed by atoms with Gasteiger partial charge in [-0.05, 0) is 70.0 Å².